The molecule has 82 heavy (non-hydrogen) atoms. The molecule has 0 atom stereocenters. The molecule has 7 aromatic carbocycles. The molecule has 4 aliphatic heterocycles. The normalized spacial score (nSPS) is 14.8. The third-order valence-electron chi connectivity index (χ3n) is 17.4. The smallest absolute Gasteiger partial charge is 0.255 e. The lowest BCUT2D eigenvalue weighted by Gasteiger charge is -2.44. The number of fused-ring (bicyclic) bond motifs is 12. The van der Waals surface area contributed by atoms with E-state index in [1.807, 2.05) is 65.3 Å². The van der Waals surface area contributed by atoms with Gasteiger partial charge in [-0.05, 0) is 128 Å². The number of carbonyl (C=O) groups is 2. The van der Waals surface area contributed by atoms with Gasteiger partial charge in [0, 0.05) is 169 Å². The summed E-state index contributed by atoms with van der Waals surface area (Å²) >= 11 is 0. The zero-order valence-electron chi connectivity index (χ0n) is 49.0. The summed E-state index contributed by atoms with van der Waals surface area (Å²) in [5.41, 5.74) is 11.0. The minimum Gasteiger partial charge on any atom is -0.507 e. The lowest BCUT2D eigenvalue weighted by Crippen LogP contribution is -2.48. The van der Waals surface area contributed by atoms with E-state index in [1.54, 1.807) is 12.4 Å². The lowest BCUT2D eigenvalue weighted by molar-refractivity contribution is 0.0665. The molecule has 4 aliphatic rings. The highest BCUT2D eigenvalue weighted by Crippen LogP contribution is 2.60. The van der Waals surface area contributed by atoms with Crippen molar-refractivity contribution in [2.75, 3.05) is 98.1 Å². The summed E-state index contributed by atoms with van der Waals surface area (Å²) in [6.45, 7) is 27.0. The first-order valence-electron chi connectivity index (χ1n) is 29.5. The minimum atomic E-state index is -0.992. The number of aryl methyl sites for hydroxylation is 1. The van der Waals surface area contributed by atoms with E-state index in [9.17, 15) is 14.7 Å². The Morgan fingerprint density at radius 1 is 0.439 bits per heavy atom. The van der Waals surface area contributed by atoms with Crippen LogP contribution in [0.1, 0.15) is 126 Å². The Balaban J connectivity index is 0.894. The van der Waals surface area contributed by atoms with E-state index < -0.39 is 11.1 Å². The zero-order chi connectivity index (χ0) is 57.5. The van der Waals surface area contributed by atoms with Crippen molar-refractivity contribution in [2.24, 2.45) is 9.98 Å². The Morgan fingerprint density at radius 2 is 0.744 bits per heavy atom. The van der Waals surface area contributed by atoms with E-state index in [1.165, 1.54) is 0 Å². The SMILES string of the molecule is CCN(CC)c1ccc2c(c1)Oc1cc(N(CC)CC)ccc1C21c2ccccc2C(=O)N1CCN=Cc1cc(C)cc(C=NCCN2C(=O)c3ccccc3C23c2ccc(N(CC)CC)cc2Oc2cc(N(CC)CC)ccc23)c1O. The number of benzene rings is 7. The zero-order valence-corrected chi connectivity index (χ0v) is 49.0. The lowest BCUT2D eigenvalue weighted by atomic mass is 9.74. The van der Waals surface area contributed by atoms with Crippen molar-refractivity contribution in [3.63, 3.8) is 0 Å². The second-order valence-corrected chi connectivity index (χ2v) is 21.4. The van der Waals surface area contributed by atoms with Gasteiger partial charge in [0.15, 0.2) is 0 Å². The van der Waals surface area contributed by atoms with Gasteiger partial charge in [0.25, 0.3) is 11.8 Å². The van der Waals surface area contributed by atoms with Gasteiger partial charge in [-0.15, -0.1) is 0 Å². The van der Waals surface area contributed by atoms with Crippen LogP contribution in [0.4, 0.5) is 22.7 Å². The molecule has 13 heteroatoms. The highest BCUT2D eigenvalue weighted by atomic mass is 16.5. The summed E-state index contributed by atoms with van der Waals surface area (Å²) in [5, 5.41) is 11.9. The molecule has 11 rings (SSSR count). The molecule has 0 aliphatic carbocycles. The van der Waals surface area contributed by atoms with Gasteiger partial charge in [0.05, 0.1) is 13.1 Å². The minimum absolute atomic E-state index is 0.0425. The molecule has 7 aromatic rings. The van der Waals surface area contributed by atoms with Crippen LogP contribution in [0.5, 0.6) is 28.7 Å². The van der Waals surface area contributed by atoms with E-state index in [-0.39, 0.29) is 43.7 Å². The molecular formula is C69H76N8O5. The predicted molar refractivity (Wildman–Crippen MR) is 333 cm³/mol. The second kappa shape index (κ2) is 22.8. The van der Waals surface area contributed by atoms with Crippen LogP contribution in [0.2, 0.25) is 0 Å². The molecule has 0 radical (unpaired) electrons. The van der Waals surface area contributed by atoms with Gasteiger partial charge < -0.3 is 44.0 Å². The second-order valence-electron chi connectivity index (χ2n) is 21.4. The first-order chi connectivity index (χ1) is 39.9. The number of amides is 2. The van der Waals surface area contributed by atoms with Gasteiger partial charge in [-0.1, -0.05) is 60.7 Å². The standard InChI is InChI=1S/C69H76N8O5/c1-10-72(11-2)49-26-30-57-61(40-49)81-62-41-50(73(12-3)13-4)27-31-58(62)68(57)55-24-20-18-22-53(55)66(79)76(68)36-34-70-44-47-38-46(9)39-48(65(47)78)45-71-35-37-77-67(80)54-23-19-21-25-56(54)69(77)59-32-28-51(74(14-5)15-6)42-63(59)82-64-43-52(29-33-60(64)69)75(16-7)17-8/h18-33,38-45,78H,10-17,34-37H2,1-9H3. The molecular weight excluding hydrogens is 1020 g/mol. The average Bonchev–Trinajstić information content (AvgIpc) is 3.90. The summed E-state index contributed by atoms with van der Waals surface area (Å²) < 4.78 is 13.8. The first kappa shape index (κ1) is 55.3. The highest BCUT2D eigenvalue weighted by Gasteiger charge is 2.58. The number of hydrogen-bond acceptors (Lipinski definition) is 11. The molecule has 4 heterocycles. The molecule has 0 saturated carbocycles. The number of hydrogen-bond donors (Lipinski definition) is 1. The van der Waals surface area contributed by atoms with Crippen molar-refractivity contribution >= 4 is 47.0 Å². The van der Waals surface area contributed by atoms with Gasteiger partial charge in [-0.3, -0.25) is 19.6 Å². The van der Waals surface area contributed by atoms with Crippen molar-refractivity contribution in [3.8, 4) is 28.7 Å². The predicted octanol–water partition coefficient (Wildman–Crippen LogP) is 13.0. The van der Waals surface area contributed by atoms with Crippen LogP contribution in [0.15, 0.2) is 143 Å². The molecule has 1 N–H and O–H groups in total. The maximum Gasteiger partial charge on any atom is 0.255 e. The van der Waals surface area contributed by atoms with Gasteiger partial charge >= 0.3 is 0 Å². The van der Waals surface area contributed by atoms with Gasteiger partial charge in [0.2, 0.25) is 0 Å². The monoisotopic (exact) mass is 1100 g/mol. The van der Waals surface area contributed by atoms with Crippen LogP contribution >= 0.6 is 0 Å². The van der Waals surface area contributed by atoms with E-state index in [0.717, 1.165) is 137 Å². The fraction of sp³-hybridized carbons (Fsp3) is 0.333. The summed E-state index contributed by atoms with van der Waals surface area (Å²) in [6, 6.07) is 45.3. The summed E-state index contributed by atoms with van der Waals surface area (Å²) in [7, 11) is 0. The van der Waals surface area contributed by atoms with Crippen LogP contribution in [-0.4, -0.2) is 118 Å². The molecule has 0 fully saturated rings. The number of ether oxygens (including phenoxy) is 2. The Labute approximate surface area is 483 Å². The molecule has 0 saturated heterocycles. The summed E-state index contributed by atoms with van der Waals surface area (Å²) in [5.74, 6) is 2.76. The fourth-order valence-electron chi connectivity index (χ4n) is 13.5. The average molecular weight is 1100 g/mol. The van der Waals surface area contributed by atoms with Crippen LogP contribution in [-0.2, 0) is 11.1 Å². The molecule has 13 nitrogen and oxygen atoms in total. The maximum absolute atomic E-state index is 15.0. The number of aliphatic imine (C=N–C) groups is 2. The van der Waals surface area contributed by atoms with E-state index in [4.69, 9.17) is 19.5 Å². The van der Waals surface area contributed by atoms with Crippen molar-refractivity contribution < 1.29 is 24.2 Å². The Bertz CT molecular complexity index is 3280. The number of carbonyl (C=O) groups excluding carboxylic acids is 2. The molecule has 422 valence electrons. The van der Waals surface area contributed by atoms with E-state index >= 15 is 0 Å². The Hall–Kier alpha value is -8.58. The van der Waals surface area contributed by atoms with Crippen molar-refractivity contribution in [1.29, 1.82) is 0 Å². The topological polar surface area (TPSA) is 117 Å². The summed E-state index contributed by atoms with van der Waals surface area (Å²) in [6.07, 6.45) is 3.39. The van der Waals surface area contributed by atoms with Crippen LogP contribution in [0.25, 0.3) is 0 Å². The van der Waals surface area contributed by atoms with Crippen LogP contribution in [0, 0.1) is 6.92 Å². The van der Waals surface area contributed by atoms with Gasteiger partial charge in [0.1, 0.15) is 39.8 Å². The highest BCUT2D eigenvalue weighted by molar-refractivity contribution is 6.04. The van der Waals surface area contributed by atoms with Crippen molar-refractivity contribution in [2.45, 2.75) is 73.4 Å². The molecule has 0 bridgehead atoms. The summed E-state index contributed by atoms with van der Waals surface area (Å²) in [4.78, 5) is 52.9. The molecule has 2 spiro atoms. The largest absolute Gasteiger partial charge is 0.507 e. The van der Waals surface area contributed by atoms with Crippen molar-refractivity contribution in [1.82, 2.24) is 9.80 Å². The fourth-order valence-corrected chi connectivity index (χ4v) is 13.5. The third-order valence-corrected chi connectivity index (χ3v) is 17.4. The number of nitrogens with zero attached hydrogens (tertiary/aromatic N) is 8. The molecule has 0 unspecified atom stereocenters. The maximum atomic E-state index is 15.0. The first-order valence-corrected chi connectivity index (χ1v) is 29.5. The van der Waals surface area contributed by atoms with E-state index in [0.29, 0.717) is 22.3 Å². The van der Waals surface area contributed by atoms with E-state index in [2.05, 4.69) is 160 Å². The number of anilines is 4. The third kappa shape index (κ3) is 8.91. The van der Waals surface area contributed by atoms with Gasteiger partial charge in [-0.25, -0.2) is 0 Å². The molecule has 0 aromatic heterocycles. The van der Waals surface area contributed by atoms with Crippen LogP contribution in [0.3, 0.4) is 0 Å². The quantitative estimate of drug-likeness (QED) is 0.0745. The van der Waals surface area contributed by atoms with Gasteiger partial charge in [-0.2, -0.15) is 0 Å². The van der Waals surface area contributed by atoms with Crippen LogP contribution < -0.4 is 29.1 Å². The Kier molecular flexibility index (Phi) is 15.4. The van der Waals surface area contributed by atoms with Crippen molar-refractivity contribution in [3.05, 3.63) is 195 Å². The number of phenols is 1. The Morgan fingerprint density at radius 3 is 1.05 bits per heavy atom. The number of phenolic OH excluding ortho intramolecular Hbond substituents is 1. The molecule has 2 amide bonds. The number of rotatable bonds is 20. The number of aromatic hydroxyl groups is 1.